The molecule has 1 aliphatic rings. The Bertz CT molecular complexity index is 587. The lowest BCUT2D eigenvalue weighted by atomic mass is 10.0. The van der Waals surface area contributed by atoms with Crippen LogP contribution >= 0.6 is 22.7 Å². The van der Waals surface area contributed by atoms with Gasteiger partial charge in [0.1, 0.15) is 4.88 Å². The maximum absolute atomic E-state index is 10.9. The van der Waals surface area contributed by atoms with Gasteiger partial charge in [-0.2, -0.15) is 0 Å². The van der Waals surface area contributed by atoms with Gasteiger partial charge < -0.3 is 10.0 Å². The molecule has 0 bridgehead atoms. The molecule has 18 heavy (non-hydrogen) atoms. The molecule has 2 aromatic heterocycles. The van der Waals surface area contributed by atoms with Gasteiger partial charge in [-0.1, -0.05) is 0 Å². The van der Waals surface area contributed by atoms with Crippen molar-refractivity contribution in [3.63, 3.8) is 0 Å². The number of nitrogens with zero attached hydrogens (tertiary/aromatic N) is 1. The molecule has 1 atom stereocenters. The molecule has 2 aromatic rings. The van der Waals surface area contributed by atoms with Gasteiger partial charge in [-0.05, 0) is 42.5 Å². The Labute approximate surface area is 113 Å². The Balaban J connectivity index is 1.91. The van der Waals surface area contributed by atoms with Gasteiger partial charge in [-0.15, -0.1) is 22.7 Å². The highest BCUT2D eigenvalue weighted by molar-refractivity contribution is 7.17. The van der Waals surface area contributed by atoms with Crippen molar-refractivity contribution in [2.24, 2.45) is 0 Å². The fraction of sp³-hybridized carbons (Fsp3) is 0.308. The number of carboxylic acid groups (broad SMARTS) is 1. The Hall–Kier alpha value is -1.33. The number of thiophene rings is 2. The predicted octanol–water partition coefficient (Wildman–Crippen LogP) is 3.63. The van der Waals surface area contributed by atoms with Gasteiger partial charge in [-0.25, -0.2) is 4.79 Å². The van der Waals surface area contributed by atoms with E-state index in [9.17, 15) is 4.79 Å². The van der Waals surface area contributed by atoms with Crippen molar-refractivity contribution in [3.05, 3.63) is 38.9 Å². The molecule has 1 N–H and O–H groups in total. The van der Waals surface area contributed by atoms with Crippen LogP contribution in [-0.4, -0.2) is 17.6 Å². The summed E-state index contributed by atoms with van der Waals surface area (Å²) in [6.07, 6.45) is 1.05. The van der Waals surface area contributed by atoms with Crippen LogP contribution in [0.3, 0.4) is 0 Å². The summed E-state index contributed by atoms with van der Waals surface area (Å²) in [6, 6.07) is 6.13. The quantitative estimate of drug-likeness (QED) is 0.912. The molecule has 0 amide bonds. The average Bonchev–Trinajstić information content (AvgIpc) is 2.97. The van der Waals surface area contributed by atoms with Gasteiger partial charge in [0.25, 0.3) is 0 Å². The maximum Gasteiger partial charge on any atom is 0.345 e. The molecule has 0 aromatic carbocycles. The van der Waals surface area contributed by atoms with E-state index in [0.717, 1.165) is 18.0 Å². The molecule has 0 fully saturated rings. The van der Waals surface area contributed by atoms with Crippen LogP contribution in [0.1, 0.15) is 33.1 Å². The molecule has 0 saturated carbocycles. The lowest BCUT2D eigenvalue weighted by Gasteiger charge is -2.34. The van der Waals surface area contributed by atoms with Crippen LogP contribution in [0.15, 0.2) is 23.6 Å². The third kappa shape index (κ3) is 1.83. The second kappa shape index (κ2) is 4.40. The van der Waals surface area contributed by atoms with Crippen LogP contribution in [-0.2, 0) is 6.42 Å². The summed E-state index contributed by atoms with van der Waals surface area (Å²) in [5.74, 6) is -0.841. The monoisotopic (exact) mass is 279 g/mol. The molecule has 0 aliphatic carbocycles. The minimum Gasteiger partial charge on any atom is -0.477 e. The van der Waals surface area contributed by atoms with Crippen LogP contribution in [0, 0.1) is 0 Å². The molecule has 0 spiro atoms. The summed E-state index contributed by atoms with van der Waals surface area (Å²) >= 11 is 3.18. The first-order chi connectivity index (χ1) is 8.66. The second-order valence-corrected chi connectivity index (χ2v) is 6.42. The van der Waals surface area contributed by atoms with E-state index in [-0.39, 0.29) is 0 Å². The average molecular weight is 279 g/mol. The summed E-state index contributed by atoms with van der Waals surface area (Å²) in [6.45, 7) is 3.15. The minimum absolute atomic E-state index is 0.334. The molecular formula is C13H13NO2S2. The van der Waals surface area contributed by atoms with Crippen molar-refractivity contribution in [2.75, 3.05) is 11.4 Å². The summed E-state index contributed by atoms with van der Waals surface area (Å²) in [7, 11) is 0. The minimum atomic E-state index is -0.841. The van der Waals surface area contributed by atoms with E-state index in [1.807, 2.05) is 17.4 Å². The second-order valence-electron chi connectivity index (χ2n) is 4.36. The summed E-state index contributed by atoms with van der Waals surface area (Å²) in [4.78, 5) is 15.1. The standard InChI is InChI=1S/C13H13NO2S2/c1-8-9-5-7-17-10(9)4-6-14(8)12-3-2-11(18-12)13(15)16/h2-3,5,7-8H,4,6H2,1H3,(H,15,16). The zero-order chi connectivity index (χ0) is 12.7. The van der Waals surface area contributed by atoms with E-state index in [4.69, 9.17) is 5.11 Å². The number of fused-ring (bicyclic) bond motifs is 1. The summed E-state index contributed by atoms with van der Waals surface area (Å²) in [5, 5.41) is 12.2. The van der Waals surface area contributed by atoms with E-state index < -0.39 is 5.97 Å². The van der Waals surface area contributed by atoms with Gasteiger partial charge in [0.05, 0.1) is 11.0 Å². The molecule has 3 heterocycles. The van der Waals surface area contributed by atoms with Crippen LogP contribution in [0.5, 0.6) is 0 Å². The zero-order valence-electron chi connectivity index (χ0n) is 9.92. The fourth-order valence-corrected chi connectivity index (χ4v) is 4.32. The summed E-state index contributed by atoms with van der Waals surface area (Å²) in [5.41, 5.74) is 1.39. The molecule has 0 radical (unpaired) electrons. The van der Waals surface area contributed by atoms with Crippen LogP contribution < -0.4 is 4.90 Å². The van der Waals surface area contributed by atoms with Crippen molar-refractivity contribution in [2.45, 2.75) is 19.4 Å². The Morgan fingerprint density at radius 2 is 2.28 bits per heavy atom. The van der Waals surface area contributed by atoms with Crippen LogP contribution in [0.4, 0.5) is 5.00 Å². The van der Waals surface area contributed by atoms with Gasteiger partial charge in [0, 0.05) is 11.4 Å². The molecule has 94 valence electrons. The van der Waals surface area contributed by atoms with Gasteiger partial charge in [0.2, 0.25) is 0 Å². The first-order valence-electron chi connectivity index (χ1n) is 5.83. The number of rotatable bonds is 2. The fourth-order valence-electron chi connectivity index (χ4n) is 2.41. The highest BCUT2D eigenvalue weighted by atomic mass is 32.1. The molecule has 3 rings (SSSR count). The van der Waals surface area contributed by atoms with E-state index in [1.54, 1.807) is 6.07 Å². The van der Waals surface area contributed by atoms with Crippen molar-refractivity contribution < 1.29 is 9.90 Å². The van der Waals surface area contributed by atoms with E-state index >= 15 is 0 Å². The van der Waals surface area contributed by atoms with Gasteiger partial charge in [0.15, 0.2) is 0 Å². The van der Waals surface area contributed by atoms with Crippen molar-refractivity contribution in [1.82, 2.24) is 0 Å². The smallest absolute Gasteiger partial charge is 0.345 e. The number of anilines is 1. The molecule has 0 saturated heterocycles. The van der Waals surface area contributed by atoms with Gasteiger partial charge >= 0.3 is 5.97 Å². The Kier molecular flexibility index (Phi) is 2.87. The maximum atomic E-state index is 10.9. The zero-order valence-corrected chi connectivity index (χ0v) is 11.6. The molecule has 1 aliphatic heterocycles. The predicted molar refractivity (Wildman–Crippen MR) is 75.1 cm³/mol. The highest BCUT2D eigenvalue weighted by Gasteiger charge is 2.26. The Morgan fingerprint density at radius 3 is 3.00 bits per heavy atom. The molecule has 1 unspecified atom stereocenters. The normalized spacial score (nSPS) is 18.7. The Morgan fingerprint density at radius 1 is 1.44 bits per heavy atom. The van der Waals surface area contributed by atoms with Crippen molar-refractivity contribution in [1.29, 1.82) is 0 Å². The van der Waals surface area contributed by atoms with Gasteiger partial charge in [-0.3, -0.25) is 0 Å². The highest BCUT2D eigenvalue weighted by Crippen LogP contribution is 2.38. The largest absolute Gasteiger partial charge is 0.477 e. The van der Waals surface area contributed by atoms with Crippen molar-refractivity contribution >= 4 is 33.6 Å². The lowest BCUT2D eigenvalue weighted by molar-refractivity contribution is 0.0702. The third-order valence-corrected chi connectivity index (χ3v) is 5.47. The van der Waals surface area contributed by atoms with Crippen LogP contribution in [0.25, 0.3) is 0 Å². The number of hydrogen-bond donors (Lipinski definition) is 1. The molecule has 5 heteroatoms. The SMILES string of the molecule is CC1c2ccsc2CCN1c1ccc(C(=O)O)s1. The van der Waals surface area contributed by atoms with Crippen molar-refractivity contribution in [3.8, 4) is 0 Å². The van der Waals surface area contributed by atoms with E-state index in [0.29, 0.717) is 10.9 Å². The molecular weight excluding hydrogens is 266 g/mol. The number of aromatic carboxylic acids is 1. The lowest BCUT2D eigenvalue weighted by Crippen LogP contribution is -2.32. The van der Waals surface area contributed by atoms with Crippen LogP contribution in [0.2, 0.25) is 0 Å². The first-order valence-corrected chi connectivity index (χ1v) is 7.52. The van der Waals surface area contributed by atoms with E-state index in [2.05, 4.69) is 23.3 Å². The van der Waals surface area contributed by atoms with E-state index in [1.165, 1.54) is 21.8 Å². The number of carbonyl (C=O) groups is 1. The topological polar surface area (TPSA) is 40.5 Å². The number of hydrogen-bond acceptors (Lipinski definition) is 4. The first kappa shape index (κ1) is 11.7. The number of carboxylic acids is 1. The third-order valence-electron chi connectivity index (χ3n) is 3.36. The summed E-state index contributed by atoms with van der Waals surface area (Å²) < 4.78 is 0. The molecule has 3 nitrogen and oxygen atoms in total.